The van der Waals surface area contributed by atoms with E-state index in [1.54, 1.807) is 0 Å². The van der Waals surface area contributed by atoms with E-state index in [-0.39, 0.29) is 0 Å². The summed E-state index contributed by atoms with van der Waals surface area (Å²) < 4.78 is 0. The van der Waals surface area contributed by atoms with E-state index < -0.39 is 0 Å². The van der Waals surface area contributed by atoms with Crippen LogP contribution in [0.1, 0.15) is 17.2 Å². The molecule has 86 valence electrons. The number of nitrogens with zero attached hydrogens (tertiary/aromatic N) is 1. The van der Waals surface area contributed by atoms with Crippen LogP contribution in [0, 0.1) is 6.92 Å². The van der Waals surface area contributed by atoms with Crippen molar-refractivity contribution in [2.24, 2.45) is 0 Å². The minimum atomic E-state index is 0.364. The molecule has 1 N–H and O–H groups in total. The van der Waals surface area contributed by atoms with Crippen LogP contribution in [0.25, 0.3) is 0 Å². The molecule has 2 nitrogen and oxygen atoms in total. The minimum absolute atomic E-state index is 0.364. The number of rotatable bonds is 3. The molecule has 1 aromatic rings. The Morgan fingerprint density at radius 2 is 2.00 bits per heavy atom. The van der Waals surface area contributed by atoms with Gasteiger partial charge >= 0.3 is 0 Å². The second kappa shape index (κ2) is 5.28. The van der Waals surface area contributed by atoms with Crippen molar-refractivity contribution in [2.45, 2.75) is 13.0 Å². The molecule has 0 aromatic heterocycles. The van der Waals surface area contributed by atoms with E-state index in [1.807, 2.05) is 0 Å². The van der Waals surface area contributed by atoms with Crippen LogP contribution in [0.5, 0.6) is 0 Å². The van der Waals surface area contributed by atoms with E-state index in [4.69, 9.17) is 0 Å². The Morgan fingerprint density at radius 3 is 2.62 bits per heavy atom. The normalized spacial score (nSPS) is 19.3. The second-order valence-corrected chi connectivity index (χ2v) is 4.32. The Labute approximate surface area is 98.0 Å². The number of nitrogens with one attached hydrogen (secondary N) is 1. The van der Waals surface area contributed by atoms with Crippen molar-refractivity contribution in [3.05, 3.63) is 48.0 Å². The molecule has 1 saturated heterocycles. The Balaban J connectivity index is 2.21. The van der Waals surface area contributed by atoms with Gasteiger partial charge in [0.1, 0.15) is 0 Å². The van der Waals surface area contributed by atoms with Crippen LogP contribution < -0.4 is 5.32 Å². The van der Waals surface area contributed by atoms with E-state index in [9.17, 15) is 0 Å². The number of hydrogen-bond donors (Lipinski definition) is 1. The van der Waals surface area contributed by atoms with E-state index in [2.05, 4.69) is 54.1 Å². The zero-order valence-corrected chi connectivity index (χ0v) is 9.95. The fourth-order valence-corrected chi connectivity index (χ4v) is 2.35. The predicted molar refractivity (Wildman–Crippen MR) is 68.6 cm³/mol. The molecular weight excluding hydrogens is 196 g/mol. The minimum Gasteiger partial charge on any atom is -0.314 e. The van der Waals surface area contributed by atoms with E-state index >= 15 is 0 Å². The molecule has 0 radical (unpaired) electrons. The first-order valence-corrected chi connectivity index (χ1v) is 5.96. The molecule has 2 rings (SSSR count). The van der Waals surface area contributed by atoms with Crippen molar-refractivity contribution in [3.63, 3.8) is 0 Å². The van der Waals surface area contributed by atoms with Crippen LogP contribution in [-0.2, 0) is 0 Å². The molecule has 1 heterocycles. The smallest absolute Gasteiger partial charge is 0.0532 e. The summed E-state index contributed by atoms with van der Waals surface area (Å²) in [6, 6.07) is 8.96. The Morgan fingerprint density at radius 1 is 1.31 bits per heavy atom. The first-order valence-electron chi connectivity index (χ1n) is 5.96. The van der Waals surface area contributed by atoms with Gasteiger partial charge in [0, 0.05) is 26.2 Å². The Bertz CT molecular complexity index is 354. The van der Waals surface area contributed by atoms with Gasteiger partial charge in [-0.2, -0.15) is 0 Å². The number of hydrogen-bond acceptors (Lipinski definition) is 2. The van der Waals surface area contributed by atoms with Gasteiger partial charge in [-0.3, -0.25) is 4.90 Å². The molecule has 1 aliphatic heterocycles. The zero-order chi connectivity index (χ0) is 11.4. The molecule has 1 aliphatic rings. The third kappa shape index (κ3) is 2.34. The molecule has 0 unspecified atom stereocenters. The summed E-state index contributed by atoms with van der Waals surface area (Å²) >= 11 is 0. The molecule has 0 aliphatic carbocycles. The molecule has 0 amide bonds. The molecule has 1 fully saturated rings. The fourth-order valence-electron chi connectivity index (χ4n) is 2.35. The lowest BCUT2D eigenvalue weighted by Crippen LogP contribution is -2.44. The first-order chi connectivity index (χ1) is 7.83. The highest BCUT2D eigenvalue weighted by Crippen LogP contribution is 2.24. The van der Waals surface area contributed by atoms with Crippen molar-refractivity contribution in [1.29, 1.82) is 0 Å². The highest BCUT2D eigenvalue weighted by Gasteiger charge is 2.20. The molecule has 0 spiro atoms. The van der Waals surface area contributed by atoms with Gasteiger partial charge in [-0.15, -0.1) is 6.58 Å². The lowest BCUT2D eigenvalue weighted by Gasteiger charge is -2.34. The van der Waals surface area contributed by atoms with Crippen molar-refractivity contribution >= 4 is 0 Å². The zero-order valence-electron chi connectivity index (χ0n) is 9.95. The average molecular weight is 216 g/mol. The van der Waals surface area contributed by atoms with Gasteiger partial charge < -0.3 is 5.32 Å². The van der Waals surface area contributed by atoms with E-state index in [0.717, 1.165) is 26.2 Å². The molecular formula is C14H20N2. The quantitative estimate of drug-likeness (QED) is 0.779. The second-order valence-electron chi connectivity index (χ2n) is 4.32. The topological polar surface area (TPSA) is 15.3 Å². The third-order valence-corrected chi connectivity index (χ3v) is 3.28. The molecule has 1 aromatic carbocycles. The van der Waals surface area contributed by atoms with Gasteiger partial charge in [0.2, 0.25) is 0 Å². The van der Waals surface area contributed by atoms with Crippen LogP contribution in [0.3, 0.4) is 0 Å². The van der Waals surface area contributed by atoms with Crippen LogP contribution in [0.4, 0.5) is 0 Å². The van der Waals surface area contributed by atoms with Gasteiger partial charge in [-0.1, -0.05) is 30.3 Å². The molecule has 0 bridgehead atoms. The molecule has 2 heteroatoms. The SMILES string of the molecule is C=C[C@@H](c1ccccc1C)N1CCNCC1. The number of aryl methyl sites for hydroxylation is 1. The van der Waals surface area contributed by atoms with Gasteiger partial charge in [0.15, 0.2) is 0 Å². The maximum atomic E-state index is 3.99. The van der Waals surface area contributed by atoms with Gasteiger partial charge in [0.05, 0.1) is 6.04 Å². The van der Waals surface area contributed by atoms with Crippen LogP contribution >= 0.6 is 0 Å². The largest absolute Gasteiger partial charge is 0.314 e. The van der Waals surface area contributed by atoms with Crippen LogP contribution in [-0.4, -0.2) is 31.1 Å². The summed E-state index contributed by atoms with van der Waals surface area (Å²) in [4.78, 5) is 2.49. The summed E-state index contributed by atoms with van der Waals surface area (Å²) in [7, 11) is 0. The van der Waals surface area contributed by atoms with Crippen molar-refractivity contribution < 1.29 is 0 Å². The highest BCUT2D eigenvalue weighted by atomic mass is 15.2. The maximum absolute atomic E-state index is 3.99. The van der Waals surface area contributed by atoms with Gasteiger partial charge in [-0.05, 0) is 18.1 Å². The van der Waals surface area contributed by atoms with Crippen molar-refractivity contribution in [1.82, 2.24) is 10.2 Å². The van der Waals surface area contributed by atoms with Gasteiger partial charge in [-0.25, -0.2) is 0 Å². The highest BCUT2D eigenvalue weighted by molar-refractivity contribution is 5.31. The number of benzene rings is 1. The molecule has 16 heavy (non-hydrogen) atoms. The van der Waals surface area contributed by atoms with Crippen molar-refractivity contribution in [2.75, 3.05) is 26.2 Å². The van der Waals surface area contributed by atoms with Crippen LogP contribution in [0.15, 0.2) is 36.9 Å². The van der Waals surface area contributed by atoms with Crippen LogP contribution in [0.2, 0.25) is 0 Å². The lowest BCUT2D eigenvalue weighted by molar-refractivity contribution is 0.203. The predicted octanol–water partition coefficient (Wildman–Crippen LogP) is 2.13. The average Bonchev–Trinajstić information content (AvgIpc) is 2.34. The Hall–Kier alpha value is -1.12. The van der Waals surface area contributed by atoms with Crippen molar-refractivity contribution in [3.8, 4) is 0 Å². The third-order valence-electron chi connectivity index (χ3n) is 3.28. The Kier molecular flexibility index (Phi) is 3.75. The lowest BCUT2D eigenvalue weighted by atomic mass is 9.99. The maximum Gasteiger partial charge on any atom is 0.0532 e. The monoisotopic (exact) mass is 216 g/mol. The van der Waals surface area contributed by atoms with E-state index in [0.29, 0.717) is 6.04 Å². The summed E-state index contributed by atoms with van der Waals surface area (Å²) in [5.41, 5.74) is 2.74. The molecule has 0 saturated carbocycles. The summed E-state index contributed by atoms with van der Waals surface area (Å²) in [6.07, 6.45) is 2.06. The van der Waals surface area contributed by atoms with Gasteiger partial charge in [0.25, 0.3) is 0 Å². The molecule has 1 atom stereocenters. The summed E-state index contributed by atoms with van der Waals surface area (Å²) in [6.45, 7) is 10.5. The van der Waals surface area contributed by atoms with E-state index in [1.165, 1.54) is 11.1 Å². The summed E-state index contributed by atoms with van der Waals surface area (Å²) in [5, 5.41) is 3.38. The first kappa shape index (κ1) is 11.4. The fraction of sp³-hybridized carbons (Fsp3) is 0.429. The number of piperazine rings is 1. The standard InChI is InChI=1S/C14H20N2/c1-3-14(16-10-8-15-9-11-16)13-7-5-4-6-12(13)2/h3-7,14-15H,1,8-11H2,2H3/t14-/m0/s1. The summed E-state index contributed by atoms with van der Waals surface area (Å²) in [5.74, 6) is 0.